The molecule has 8 heteroatoms. The lowest BCUT2D eigenvalue weighted by Gasteiger charge is -2.36. The van der Waals surface area contributed by atoms with Crippen LogP contribution in [0.4, 0.5) is 0 Å². The van der Waals surface area contributed by atoms with Crippen molar-refractivity contribution in [3.63, 3.8) is 0 Å². The number of allylic oxidation sites excluding steroid dienone is 6. The number of methoxy groups -OCH3 is 2. The smallest absolute Gasteiger partial charge is 0.192 e. The van der Waals surface area contributed by atoms with Gasteiger partial charge in [0.05, 0.1) is 31.0 Å². The van der Waals surface area contributed by atoms with Gasteiger partial charge in [-0.2, -0.15) is 0 Å². The second-order valence-electron chi connectivity index (χ2n) is 14.9. The zero-order valence-corrected chi connectivity index (χ0v) is 34.0. The molecule has 0 saturated heterocycles. The van der Waals surface area contributed by atoms with Crippen molar-refractivity contribution >= 4 is 18.2 Å². The number of phenolic OH excluding ortho intramolecular Hbond substituents is 1. The molecule has 1 unspecified atom stereocenters. The Morgan fingerprint density at radius 3 is 2.02 bits per heavy atom. The van der Waals surface area contributed by atoms with Gasteiger partial charge >= 0.3 is 0 Å². The average Bonchev–Trinajstić information content (AvgIpc) is 3.01. The van der Waals surface area contributed by atoms with Crippen molar-refractivity contribution < 1.29 is 27.4 Å². The molecule has 0 spiro atoms. The molecule has 2 aromatic rings. The van der Waals surface area contributed by atoms with Gasteiger partial charge in [0.1, 0.15) is 5.75 Å². The highest BCUT2D eigenvalue weighted by molar-refractivity contribution is 7.92. The SMILES string of the molecule is COc1cc(O)c(OC)c(C/C=C(\C)CC/C=C(\C)CC(/C=C(\C)CC/C=C(\C)CO[Si](C)(C)C(C)(C)C)S(=O)(=O)c2ccc(C)cc2)c1. The molecule has 2 rings (SSSR count). The van der Waals surface area contributed by atoms with Gasteiger partial charge in [0.25, 0.3) is 0 Å². The highest BCUT2D eigenvalue weighted by Gasteiger charge is 2.37. The van der Waals surface area contributed by atoms with Gasteiger partial charge in [-0.25, -0.2) is 8.42 Å². The highest BCUT2D eigenvalue weighted by atomic mass is 32.2. The lowest BCUT2D eigenvalue weighted by atomic mass is 10.0. The Labute approximate surface area is 299 Å². The molecular weight excluding hydrogens is 649 g/mol. The van der Waals surface area contributed by atoms with Gasteiger partial charge in [-0.15, -0.1) is 0 Å². The first kappa shape index (κ1) is 42.1. The van der Waals surface area contributed by atoms with Gasteiger partial charge in [-0.1, -0.05) is 85.1 Å². The van der Waals surface area contributed by atoms with Gasteiger partial charge < -0.3 is 19.0 Å². The van der Waals surface area contributed by atoms with Crippen molar-refractivity contribution in [1.82, 2.24) is 0 Å². The number of sulfone groups is 1. The second-order valence-corrected chi connectivity index (χ2v) is 21.9. The molecule has 49 heavy (non-hydrogen) atoms. The van der Waals surface area contributed by atoms with Crippen LogP contribution in [0.3, 0.4) is 0 Å². The molecule has 0 aromatic heterocycles. The Bertz CT molecular complexity index is 1610. The van der Waals surface area contributed by atoms with E-state index in [0.29, 0.717) is 35.8 Å². The first-order valence-electron chi connectivity index (χ1n) is 17.3. The summed E-state index contributed by atoms with van der Waals surface area (Å²) in [4.78, 5) is 0.358. The highest BCUT2D eigenvalue weighted by Crippen LogP contribution is 2.37. The van der Waals surface area contributed by atoms with E-state index in [1.165, 1.54) is 11.1 Å². The minimum absolute atomic E-state index is 0.0548. The standard InChI is InChI=1S/C41H62O6SSi/c1-30(19-22-35-27-36(45-9)28-39(42)40(35)46-10)15-13-16-32(3)25-38(48(43,44)37-23-20-31(2)21-24-37)26-33(4)17-14-18-34(5)29-47-49(11,12)41(6,7)8/h16,18-21,23-24,26-28,38,42H,13-15,17,22,25,29H2,1-12H3/b30-19+,32-16+,33-26+,34-18+. The number of hydrogen-bond donors (Lipinski definition) is 1. The topological polar surface area (TPSA) is 82.1 Å². The molecule has 0 saturated carbocycles. The molecule has 0 bridgehead atoms. The normalized spacial score (nSPS) is 14.6. The summed E-state index contributed by atoms with van der Waals surface area (Å²) >= 11 is 0. The summed E-state index contributed by atoms with van der Waals surface area (Å²) in [6, 6.07) is 10.6. The van der Waals surface area contributed by atoms with Crippen LogP contribution in [0.5, 0.6) is 17.2 Å². The molecular formula is C41H62O6SSi. The third-order valence-corrected chi connectivity index (χ3v) is 16.0. The summed E-state index contributed by atoms with van der Waals surface area (Å²) in [5.41, 5.74) is 6.41. The summed E-state index contributed by atoms with van der Waals surface area (Å²) < 4.78 is 45.0. The fourth-order valence-electron chi connectivity index (χ4n) is 5.16. The van der Waals surface area contributed by atoms with E-state index in [4.69, 9.17) is 13.9 Å². The first-order valence-corrected chi connectivity index (χ1v) is 21.8. The molecule has 272 valence electrons. The molecule has 2 aromatic carbocycles. The number of phenols is 1. The van der Waals surface area contributed by atoms with E-state index in [2.05, 4.69) is 65.9 Å². The van der Waals surface area contributed by atoms with E-state index < -0.39 is 23.4 Å². The maximum atomic E-state index is 13.9. The average molecular weight is 711 g/mol. The Morgan fingerprint density at radius 2 is 1.45 bits per heavy atom. The molecule has 6 nitrogen and oxygen atoms in total. The van der Waals surface area contributed by atoms with Gasteiger partial charge in [-0.3, -0.25) is 0 Å². The van der Waals surface area contributed by atoms with Crippen molar-refractivity contribution in [3.05, 3.63) is 94.1 Å². The maximum Gasteiger partial charge on any atom is 0.192 e. The van der Waals surface area contributed by atoms with Crippen LogP contribution in [-0.2, 0) is 20.7 Å². The zero-order chi connectivity index (χ0) is 37.0. The molecule has 0 fully saturated rings. The first-order chi connectivity index (χ1) is 22.8. The summed E-state index contributed by atoms with van der Waals surface area (Å²) in [5.74, 6) is 1.08. The molecule has 1 N–H and O–H groups in total. The predicted octanol–water partition coefficient (Wildman–Crippen LogP) is 10.9. The van der Waals surface area contributed by atoms with Crippen LogP contribution in [0.15, 0.2) is 87.9 Å². The minimum atomic E-state index is -3.59. The summed E-state index contributed by atoms with van der Waals surface area (Å²) in [6.07, 6.45) is 12.8. The fraction of sp³-hybridized carbons (Fsp3) is 0.512. The summed E-state index contributed by atoms with van der Waals surface area (Å²) in [6.45, 7) is 22.2. The van der Waals surface area contributed by atoms with Crippen molar-refractivity contribution in [2.24, 2.45) is 0 Å². The number of rotatable bonds is 18. The Balaban J connectivity index is 2.16. The molecule has 1 atom stereocenters. The molecule has 0 heterocycles. The van der Waals surface area contributed by atoms with E-state index in [1.807, 2.05) is 45.0 Å². The number of hydrogen-bond acceptors (Lipinski definition) is 6. The van der Waals surface area contributed by atoms with Crippen LogP contribution in [0, 0.1) is 6.92 Å². The lowest BCUT2D eigenvalue weighted by molar-refractivity contribution is 0.318. The predicted molar refractivity (Wildman–Crippen MR) is 208 cm³/mol. The maximum absolute atomic E-state index is 13.9. The largest absolute Gasteiger partial charge is 0.504 e. The Kier molecular flexibility index (Phi) is 16.1. The van der Waals surface area contributed by atoms with Crippen molar-refractivity contribution in [1.29, 1.82) is 0 Å². The van der Waals surface area contributed by atoms with E-state index in [1.54, 1.807) is 32.4 Å². The van der Waals surface area contributed by atoms with Gasteiger partial charge in [-0.05, 0) is 109 Å². The van der Waals surface area contributed by atoms with Gasteiger partial charge in [0, 0.05) is 11.6 Å². The van der Waals surface area contributed by atoms with Crippen molar-refractivity contribution in [3.8, 4) is 17.2 Å². The minimum Gasteiger partial charge on any atom is -0.504 e. The molecule has 0 radical (unpaired) electrons. The zero-order valence-electron chi connectivity index (χ0n) is 32.2. The van der Waals surface area contributed by atoms with E-state index in [-0.39, 0.29) is 10.8 Å². The van der Waals surface area contributed by atoms with Crippen molar-refractivity contribution in [2.75, 3.05) is 20.8 Å². The van der Waals surface area contributed by atoms with Crippen LogP contribution in [0.1, 0.15) is 91.7 Å². The summed E-state index contributed by atoms with van der Waals surface area (Å²) in [7, 11) is -2.28. The monoisotopic (exact) mass is 710 g/mol. The molecule has 0 amide bonds. The van der Waals surface area contributed by atoms with Crippen LogP contribution < -0.4 is 9.47 Å². The van der Waals surface area contributed by atoms with Crippen LogP contribution >= 0.6 is 0 Å². The molecule has 0 aliphatic carbocycles. The van der Waals surface area contributed by atoms with Crippen molar-refractivity contribution in [2.45, 2.75) is 122 Å². The van der Waals surface area contributed by atoms with Crippen LogP contribution in [0.2, 0.25) is 18.1 Å². The summed E-state index contributed by atoms with van der Waals surface area (Å²) in [5, 5.41) is 9.81. The fourth-order valence-corrected chi connectivity index (χ4v) is 7.94. The number of ether oxygens (including phenoxy) is 2. The van der Waals surface area contributed by atoms with Crippen LogP contribution in [-0.4, -0.2) is 47.9 Å². The second kappa shape index (κ2) is 18.8. The van der Waals surface area contributed by atoms with E-state index in [9.17, 15) is 13.5 Å². The van der Waals surface area contributed by atoms with Gasteiger partial charge in [0.15, 0.2) is 29.7 Å². The third-order valence-electron chi connectivity index (χ3n) is 9.50. The Hall–Kier alpha value is -3.07. The lowest BCUT2D eigenvalue weighted by Crippen LogP contribution is -2.41. The third kappa shape index (κ3) is 13.3. The number of benzene rings is 2. The molecule has 0 aliphatic heterocycles. The Morgan fingerprint density at radius 1 is 0.857 bits per heavy atom. The number of aryl methyl sites for hydroxylation is 1. The number of aromatic hydroxyl groups is 1. The van der Waals surface area contributed by atoms with E-state index >= 15 is 0 Å². The van der Waals surface area contributed by atoms with E-state index in [0.717, 1.165) is 48.0 Å². The van der Waals surface area contributed by atoms with Crippen LogP contribution in [0.25, 0.3) is 0 Å². The molecule has 0 aliphatic rings. The van der Waals surface area contributed by atoms with Gasteiger partial charge in [0.2, 0.25) is 0 Å². The quantitative estimate of drug-likeness (QED) is 0.122.